The molecule has 0 aliphatic carbocycles. The fourth-order valence-electron chi connectivity index (χ4n) is 2.90. The predicted molar refractivity (Wildman–Crippen MR) is 104 cm³/mol. The molecular weight excluding hydrogens is 391 g/mol. The molecule has 3 aromatic rings. The largest absolute Gasteiger partial charge is 0.317 e. The number of hydrogen-bond acceptors (Lipinski definition) is 6. The maximum Gasteiger partial charge on any atom is 0.279 e. The molecule has 7 nitrogen and oxygen atoms in total. The van der Waals surface area contributed by atoms with Gasteiger partial charge in [-0.05, 0) is 38.1 Å². The lowest BCUT2D eigenvalue weighted by atomic mass is 10.1. The number of rotatable bonds is 4. The summed E-state index contributed by atoms with van der Waals surface area (Å²) < 4.78 is 15.1. The smallest absolute Gasteiger partial charge is 0.279 e. The number of nitrogens with zero attached hydrogens (tertiary/aromatic N) is 4. The van der Waals surface area contributed by atoms with Gasteiger partial charge in [-0.15, -0.1) is 28.8 Å². The number of hydrogen-bond donors (Lipinski definition) is 2. The molecule has 27 heavy (non-hydrogen) atoms. The molecule has 3 heterocycles. The standard InChI is InChI=1S/C17H17FN6OS.ClH/c18-12-3-1-2-11(8-12)15-10-26-17(20-15)21-16(25)14-9-24(23-22-14)13-4-6-19-7-5-13;/h1-3,8-10,13,19H,4-7H2,(H,20,21,25);1H. The highest BCUT2D eigenvalue weighted by Crippen LogP contribution is 2.25. The summed E-state index contributed by atoms with van der Waals surface area (Å²) in [6, 6.07) is 6.45. The maximum atomic E-state index is 13.3. The van der Waals surface area contributed by atoms with Crippen LogP contribution in [-0.4, -0.2) is 39.0 Å². The van der Waals surface area contributed by atoms with Gasteiger partial charge in [-0.3, -0.25) is 10.1 Å². The summed E-state index contributed by atoms with van der Waals surface area (Å²) in [6.07, 6.45) is 3.61. The highest BCUT2D eigenvalue weighted by atomic mass is 35.5. The third-order valence-corrected chi connectivity index (χ3v) is 5.03. The van der Waals surface area contributed by atoms with Crippen molar-refractivity contribution in [3.8, 4) is 11.3 Å². The first-order chi connectivity index (χ1) is 12.7. The Morgan fingerprint density at radius 3 is 2.93 bits per heavy atom. The van der Waals surface area contributed by atoms with E-state index in [9.17, 15) is 9.18 Å². The monoisotopic (exact) mass is 408 g/mol. The van der Waals surface area contributed by atoms with Crippen molar-refractivity contribution < 1.29 is 9.18 Å². The molecular formula is C17H18ClFN6OS. The van der Waals surface area contributed by atoms with Crippen molar-refractivity contribution in [2.75, 3.05) is 18.4 Å². The van der Waals surface area contributed by atoms with E-state index in [1.807, 2.05) is 0 Å². The zero-order valence-corrected chi connectivity index (χ0v) is 15.9. The summed E-state index contributed by atoms with van der Waals surface area (Å²) in [6.45, 7) is 1.88. The maximum absolute atomic E-state index is 13.3. The molecule has 0 unspecified atom stereocenters. The molecule has 1 aliphatic heterocycles. The minimum Gasteiger partial charge on any atom is -0.317 e. The Hall–Kier alpha value is -2.36. The minimum absolute atomic E-state index is 0. The van der Waals surface area contributed by atoms with Crippen LogP contribution in [0, 0.1) is 5.82 Å². The van der Waals surface area contributed by atoms with E-state index in [2.05, 4.69) is 25.9 Å². The normalized spacial score (nSPS) is 14.6. The first-order valence-corrected chi connectivity index (χ1v) is 9.22. The minimum atomic E-state index is -0.356. The second-order valence-electron chi connectivity index (χ2n) is 6.07. The highest BCUT2D eigenvalue weighted by Gasteiger charge is 2.19. The van der Waals surface area contributed by atoms with Crippen LogP contribution in [0.4, 0.5) is 9.52 Å². The lowest BCUT2D eigenvalue weighted by molar-refractivity contribution is 0.102. The van der Waals surface area contributed by atoms with E-state index in [4.69, 9.17) is 0 Å². The van der Waals surface area contributed by atoms with E-state index >= 15 is 0 Å². The molecule has 4 rings (SSSR count). The van der Waals surface area contributed by atoms with Gasteiger partial charge in [0.25, 0.3) is 5.91 Å². The number of aromatic nitrogens is 4. The number of carbonyl (C=O) groups is 1. The molecule has 142 valence electrons. The summed E-state index contributed by atoms with van der Waals surface area (Å²) in [5.74, 6) is -0.680. The fraction of sp³-hybridized carbons (Fsp3) is 0.294. The first-order valence-electron chi connectivity index (χ1n) is 8.34. The summed E-state index contributed by atoms with van der Waals surface area (Å²) in [5.41, 5.74) is 1.53. The van der Waals surface area contributed by atoms with Crippen molar-refractivity contribution in [1.82, 2.24) is 25.3 Å². The second-order valence-corrected chi connectivity index (χ2v) is 6.93. The second kappa shape index (κ2) is 8.55. The molecule has 2 aromatic heterocycles. The van der Waals surface area contributed by atoms with Gasteiger partial charge < -0.3 is 5.32 Å². The van der Waals surface area contributed by atoms with Crippen LogP contribution in [0.5, 0.6) is 0 Å². The average molecular weight is 409 g/mol. The quantitative estimate of drug-likeness (QED) is 0.692. The number of anilines is 1. The number of amides is 1. The van der Waals surface area contributed by atoms with Crippen LogP contribution < -0.4 is 10.6 Å². The molecule has 2 N–H and O–H groups in total. The van der Waals surface area contributed by atoms with Gasteiger partial charge in [-0.2, -0.15) is 0 Å². The van der Waals surface area contributed by atoms with E-state index < -0.39 is 0 Å². The number of piperidine rings is 1. The van der Waals surface area contributed by atoms with E-state index in [0.29, 0.717) is 16.4 Å². The summed E-state index contributed by atoms with van der Waals surface area (Å²) in [4.78, 5) is 16.7. The molecule has 10 heteroatoms. The molecule has 0 saturated carbocycles. The Balaban J connectivity index is 0.00000210. The number of carbonyl (C=O) groups excluding carboxylic acids is 1. The van der Waals surface area contributed by atoms with Crippen LogP contribution >= 0.6 is 23.7 Å². The van der Waals surface area contributed by atoms with E-state index in [1.165, 1.54) is 23.5 Å². The van der Waals surface area contributed by atoms with Crippen molar-refractivity contribution in [2.24, 2.45) is 0 Å². The van der Waals surface area contributed by atoms with Gasteiger partial charge in [0.15, 0.2) is 10.8 Å². The highest BCUT2D eigenvalue weighted by molar-refractivity contribution is 7.14. The number of halogens is 2. The lowest BCUT2D eigenvalue weighted by Crippen LogP contribution is -2.29. The van der Waals surface area contributed by atoms with Crippen molar-refractivity contribution in [3.63, 3.8) is 0 Å². The lowest BCUT2D eigenvalue weighted by Gasteiger charge is -2.21. The molecule has 0 radical (unpaired) electrons. The van der Waals surface area contributed by atoms with E-state index in [1.54, 1.807) is 28.4 Å². The molecule has 1 fully saturated rings. The first kappa shape index (κ1) is 19.4. The van der Waals surface area contributed by atoms with E-state index in [0.717, 1.165) is 25.9 Å². The fourth-order valence-corrected chi connectivity index (χ4v) is 3.62. The molecule has 1 aliphatic rings. The summed E-state index contributed by atoms with van der Waals surface area (Å²) >= 11 is 1.28. The van der Waals surface area contributed by atoms with Gasteiger partial charge in [0, 0.05) is 10.9 Å². The van der Waals surface area contributed by atoms with Crippen LogP contribution in [0.2, 0.25) is 0 Å². The van der Waals surface area contributed by atoms with Crippen molar-refractivity contribution in [3.05, 3.63) is 47.4 Å². The summed E-state index contributed by atoms with van der Waals surface area (Å²) in [5, 5.41) is 16.3. The Labute approximate surface area is 165 Å². The third-order valence-electron chi connectivity index (χ3n) is 4.27. The molecule has 0 spiro atoms. The zero-order valence-electron chi connectivity index (χ0n) is 14.3. The van der Waals surface area contributed by atoms with Gasteiger partial charge >= 0.3 is 0 Å². The molecule has 1 saturated heterocycles. The van der Waals surface area contributed by atoms with Crippen molar-refractivity contribution in [1.29, 1.82) is 0 Å². The number of thiazole rings is 1. The van der Waals surface area contributed by atoms with E-state index in [-0.39, 0.29) is 35.9 Å². The Bertz CT molecular complexity index is 924. The van der Waals surface area contributed by atoms with Crippen LogP contribution in [0.15, 0.2) is 35.8 Å². The van der Waals surface area contributed by atoms with Crippen molar-refractivity contribution in [2.45, 2.75) is 18.9 Å². The zero-order chi connectivity index (χ0) is 17.9. The van der Waals surface area contributed by atoms with Gasteiger partial charge in [0.05, 0.1) is 17.9 Å². The summed E-state index contributed by atoms with van der Waals surface area (Å²) in [7, 11) is 0. The van der Waals surface area contributed by atoms with Gasteiger partial charge in [0.2, 0.25) is 0 Å². The van der Waals surface area contributed by atoms with Crippen LogP contribution in [0.3, 0.4) is 0 Å². The van der Waals surface area contributed by atoms with Crippen LogP contribution in [0.25, 0.3) is 11.3 Å². The molecule has 0 atom stereocenters. The molecule has 1 amide bonds. The van der Waals surface area contributed by atoms with Crippen LogP contribution in [-0.2, 0) is 0 Å². The predicted octanol–water partition coefficient (Wildman–Crippen LogP) is 3.14. The van der Waals surface area contributed by atoms with Gasteiger partial charge in [-0.25, -0.2) is 14.1 Å². The average Bonchev–Trinajstić information content (AvgIpc) is 3.32. The molecule has 1 aromatic carbocycles. The van der Waals surface area contributed by atoms with Gasteiger partial charge in [-0.1, -0.05) is 17.3 Å². The Morgan fingerprint density at radius 2 is 2.15 bits per heavy atom. The third kappa shape index (κ3) is 4.49. The Kier molecular flexibility index (Phi) is 6.15. The number of benzene rings is 1. The topological polar surface area (TPSA) is 84.7 Å². The number of nitrogens with one attached hydrogen (secondary N) is 2. The van der Waals surface area contributed by atoms with Gasteiger partial charge in [0.1, 0.15) is 5.82 Å². The van der Waals surface area contributed by atoms with Crippen molar-refractivity contribution >= 4 is 34.8 Å². The van der Waals surface area contributed by atoms with Crippen LogP contribution in [0.1, 0.15) is 29.4 Å². The SMILES string of the molecule is Cl.O=C(Nc1nc(-c2cccc(F)c2)cs1)c1cn(C2CCNCC2)nn1. The Morgan fingerprint density at radius 1 is 1.33 bits per heavy atom. The molecule has 0 bridgehead atoms.